The van der Waals surface area contributed by atoms with Crippen LogP contribution in [0.5, 0.6) is 5.75 Å². The molecule has 1 heterocycles. The standard InChI is InChI=1S/C10H12O3S3/c1-16(11,12)13-9-4-2-8(3-5-9)10-14-6-7-15-10/h2-5,10H,6-7H2,1H3. The smallest absolute Gasteiger partial charge is 0.306 e. The first-order chi connectivity index (χ1) is 7.54. The van der Waals surface area contributed by atoms with Crippen LogP contribution in [0.15, 0.2) is 24.3 Å². The Morgan fingerprint density at radius 3 is 2.25 bits per heavy atom. The number of benzene rings is 1. The van der Waals surface area contributed by atoms with Gasteiger partial charge in [-0.15, -0.1) is 23.5 Å². The summed E-state index contributed by atoms with van der Waals surface area (Å²) in [5, 5.41) is 0. The van der Waals surface area contributed by atoms with Crippen LogP contribution in [0.3, 0.4) is 0 Å². The largest absolute Gasteiger partial charge is 0.383 e. The van der Waals surface area contributed by atoms with Crippen molar-refractivity contribution in [1.29, 1.82) is 0 Å². The Hall–Kier alpha value is -0.330. The Kier molecular flexibility index (Phi) is 3.71. The first-order valence-corrected chi connectivity index (χ1v) is 8.69. The quantitative estimate of drug-likeness (QED) is 0.794. The third-order valence-electron chi connectivity index (χ3n) is 2.02. The minimum absolute atomic E-state index is 0.374. The lowest BCUT2D eigenvalue weighted by molar-refractivity contribution is 0.493. The highest BCUT2D eigenvalue weighted by molar-refractivity contribution is 8.19. The highest BCUT2D eigenvalue weighted by atomic mass is 32.2. The van der Waals surface area contributed by atoms with E-state index in [9.17, 15) is 8.42 Å². The highest BCUT2D eigenvalue weighted by Gasteiger charge is 2.18. The topological polar surface area (TPSA) is 43.4 Å². The zero-order valence-electron chi connectivity index (χ0n) is 8.75. The molecule has 1 aromatic rings. The second-order valence-electron chi connectivity index (χ2n) is 3.43. The molecular formula is C10H12O3S3. The fourth-order valence-electron chi connectivity index (χ4n) is 1.41. The minimum atomic E-state index is -3.42. The van der Waals surface area contributed by atoms with E-state index in [-0.39, 0.29) is 0 Å². The fraction of sp³-hybridized carbons (Fsp3) is 0.400. The Morgan fingerprint density at radius 2 is 1.75 bits per heavy atom. The summed E-state index contributed by atoms with van der Waals surface area (Å²) in [6.07, 6.45) is 1.05. The third-order valence-corrected chi connectivity index (χ3v) is 5.62. The van der Waals surface area contributed by atoms with Gasteiger partial charge in [0.05, 0.1) is 10.8 Å². The van der Waals surface area contributed by atoms with Gasteiger partial charge in [0.1, 0.15) is 5.75 Å². The van der Waals surface area contributed by atoms with E-state index in [1.165, 1.54) is 17.1 Å². The van der Waals surface area contributed by atoms with Gasteiger partial charge in [0.25, 0.3) is 0 Å². The molecule has 1 aromatic carbocycles. The van der Waals surface area contributed by atoms with Crippen molar-refractivity contribution in [3.05, 3.63) is 29.8 Å². The molecular weight excluding hydrogens is 264 g/mol. The lowest BCUT2D eigenvalue weighted by Crippen LogP contribution is -2.05. The summed E-state index contributed by atoms with van der Waals surface area (Å²) < 4.78 is 27.1. The molecule has 16 heavy (non-hydrogen) atoms. The van der Waals surface area contributed by atoms with Crippen LogP contribution < -0.4 is 4.18 Å². The van der Waals surface area contributed by atoms with Crippen LogP contribution >= 0.6 is 23.5 Å². The normalized spacial score (nSPS) is 17.6. The van der Waals surface area contributed by atoms with Gasteiger partial charge < -0.3 is 4.18 Å². The third kappa shape index (κ3) is 3.33. The molecule has 0 unspecified atom stereocenters. The van der Waals surface area contributed by atoms with Crippen molar-refractivity contribution in [3.8, 4) is 5.75 Å². The van der Waals surface area contributed by atoms with E-state index >= 15 is 0 Å². The Labute approximate surface area is 104 Å². The second-order valence-corrected chi connectivity index (χ2v) is 7.73. The molecule has 0 amide bonds. The molecule has 0 atom stereocenters. The maximum Gasteiger partial charge on any atom is 0.306 e. The average molecular weight is 276 g/mol. The zero-order chi connectivity index (χ0) is 11.6. The summed E-state index contributed by atoms with van der Waals surface area (Å²) in [6, 6.07) is 7.26. The van der Waals surface area contributed by atoms with Gasteiger partial charge in [-0.2, -0.15) is 8.42 Å². The van der Waals surface area contributed by atoms with Crippen LogP contribution in [-0.2, 0) is 10.1 Å². The van der Waals surface area contributed by atoms with Gasteiger partial charge in [0, 0.05) is 11.5 Å². The second kappa shape index (κ2) is 4.89. The van der Waals surface area contributed by atoms with Gasteiger partial charge in [-0.1, -0.05) is 12.1 Å². The number of hydrogen-bond donors (Lipinski definition) is 0. The van der Waals surface area contributed by atoms with E-state index in [1.807, 2.05) is 35.7 Å². The summed E-state index contributed by atoms with van der Waals surface area (Å²) in [7, 11) is -3.42. The molecule has 0 saturated carbocycles. The summed E-state index contributed by atoms with van der Waals surface area (Å²) in [6.45, 7) is 0. The number of rotatable bonds is 3. The lowest BCUT2D eigenvalue weighted by Gasteiger charge is -2.09. The molecule has 0 radical (unpaired) electrons. The highest BCUT2D eigenvalue weighted by Crippen LogP contribution is 2.45. The van der Waals surface area contributed by atoms with E-state index in [0.29, 0.717) is 10.3 Å². The maximum absolute atomic E-state index is 10.9. The van der Waals surface area contributed by atoms with Crippen LogP contribution in [0.25, 0.3) is 0 Å². The first-order valence-electron chi connectivity index (χ1n) is 4.77. The molecule has 0 spiro atoms. The van der Waals surface area contributed by atoms with Crippen LogP contribution in [0, 0.1) is 0 Å². The van der Waals surface area contributed by atoms with Crippen molar-refractivity contribution in [2.45, 2.75) is 4.58 Å². The molecule has 0 bridgehead atoms. The van der Waals surface area contributed by atoms with Crippen molar-refractivity contribution in [1.82, 2.24) is 0 Å². The van der Waals surface area contributed by atoms with Crippen molar-refractivity contribution >= 4 is 33.6 Å². The zero-order valence-corrected chi connectivity index (χ0v) is 11.2. The summed E-state index contributed by atoms with van der Waals surface area (Å²) in [5.74, 6) is 2.73. The van der Waals surface area contributed by atoms with Crippen LogP contribution in [-0.4, -0.2) is 26.2 Å². The first kappa shape index (κ1) is 12.1. The maximum atomic E-state index is 10.9. The van der Waals surface area contributed by atoms with Crippen LogP contribution in [0.2, 0.25) is 0 Å². The van der Waals surface area contributed by atoms with Crippen molar-refractivity contribution < 1.29 is 12.6 Å². The van der Waals surface area contributed by atoms with Gasteiger partial charge in [-0.25, -0.2) is 0 Å². The average Bonchev–Trinajstić information content (AvgIpc) is 2.69. The van der Waals surface area contributed by atoms with Gasteiger partial charge in [-0.3, -0.25) is 0 Å². The predicted molar refractivity (Wildman–Crippen MR) is 69.6 cm³/mol. The Bertz CT molecular complexity index is 447. The van der Waals surface area contributed by atoms with Gasteiger partial charge in [-0.05, 0) is 17.7 Å². The monoisotopic (exact) mass is 276 g/mol. The van der Waals surface area contributed by atoms with Gasteiger partial charge >= 0.3 is 10.1 Å². The summed E-state index contributed by atoms with van der Waals surface area (Å²) in [4.78, 5) is 0. The lowest BCUT2D eigenvalue weighted by atomic mass is 10.2. The Morgan fingerprint density at radius 1 is 1.19 bits per heavy atom. The van der Waals surface area contributed by atoms with E-state index < -0.39 is 10.1 Å². The molecule has 1 fully saturated rings. The molecule has 1 aliphatic heterocycles. The number of thioether (sulfide) groups is 2. The molecule has 2 rings (SSSR count). The molecule has 3 nitrogen and oxygen atoms in total. The van der Waals surface area contributed by atoms with Crippen molar-refractivity contribution in [2.75, 3.05) is 17.8 Å². The van der Waals surface area contributed by atoms with Gasteiger partial charge in [0.15, 0.2) is 0 Å². The van der Waals surface area contributed by atoms with Crippen LogP contribution in [0.1, 0.15) is 10.1 Å². The fourth-order valence-corrected chi connectivity index (χ4v) is 4.73. The van der Waals surface area contributed by atoms with Crippen molar-refractivity contribution in [3.63, 3.8) is 0 Å². The van der Waals surface area contributed by atoms with E-state index in [4.69, 9.17) is 4.18 Å². The van der Waals surface area contributed by atoms with E-state index in [0.717, 1.165) is 6.26 Å². The Balaban J connectivity index is 2.10. The molecule has 0 N–H and O–H groups in total. The molecule has 0 aliphatic carbocycles. The predicted octanol–water partition coefficient (Wildman–Crippen LogP) is 2.50. The SMILES string of the molecule is CS(=O)(=O)Oc1ccc(C2SCCS2)cc1. The van der Waals surface area contributed by atoms with Gasteiger partial charge in [0.2, 0.25) is 0 Å². The molecule has 6 heteroatoms. The molecule has 0 aromatic heterocycles. The summed E-state index contributed by atoms with van der Waals surface area (Å²) in [5.41, 5.74) is 1.22. The molecule has 88 valence electrons. The number of hydrogen-bond acceptors (Lipinski definition) is 5. The van der Waals surface area contributed by atoms with Crippen LogP contribution in [0.4, 0.5) is 0 Å². The summed E-state index contributed by atoms with van der Waals surface area (Å²) >= 11 is 3.84. The van der Waals surface area contributed by atoms with E-state index in [2.05, 4.69) is 0 Å². The minimum Gasteiger partial charge on any atom is -0.383 e. The van der Waals surface area contributed by atoms with Crippen molar-refractivity contribution in [2.24, 2.45) is 0 Å². The van der Waals surface area contributed by atoms with E-state index in [1.54, 1.807) is 12.1 Å². The molecule has 1 aliphatic rings. The molecule has 1 saturated heterocycles.